The Morgan fingerprint density at radius 1 is 0.893 bits per heavy atom. The summed E-state index contributed by atoms with van der Waals surface area (Å²) in [6.45, 7) is 8.03. The Balaban J connectivity index is 1.72. The molecule has 0 saturated carbocycles. The van der Waals surface area contributed by atoms with E-state index in [4.69, 9.17) is 13.7 Å². The zero-order valence-electron chi connectivity index (χ0n) is 16.8. The molecular formula is C22H24BNO4. The van der Waals surface area contributed by atoms with Crippen molar-refractivity contribution >= 4 is 29.2 Å². The van der Waals surface area contributed by atoms with Crippen LogP contribution >= 0.6 is 0 Å². The van der Waals surface area contributed by atoms with Gasteiger partial charge in [0.25, 0.3) is 0 Å². The highest BCUT2D eigenvalue weighted by Crippen LogP contribution is 2.36. The molecule has 3 aromatic rings. The molecule has 0 aliphatic carbocycles. The van der Waals surface area contributed by atoms with Gasteiger partial charge in [-0.25, -0.2) is 0 Å². The second-order valence-corrected chi connectivity index (χ2v) is 8.15. The first kappa shape index (κ1) is 18.8. The van der Waals surface area contributed by atoms with Crippen molar-refractivity contribution in [3.05, 3.63) is 58.8 Å². The van der Waals surface area contributed by atoms with Gasteiger partial charge in [-0.3, -0.25) is 4.79 Å². The van der Waals surface area contributed by atoms with Crippen LogP contribution in [0.5, 0.6) is 0 Å². The third kappa shape index (κ3) is 3.13. The Kier molecular flexibility index (Phi) is 4.36. The molecule has 0 unspecified atom stereocenters. The fourth-order valence-electron chi connectivity index (χ4n) is 3.24. The molecule has 0 amide bonds. The van der Waals surface area contributed by atoms with Crippen LogP contribution in [0.2, 0.25) is 0 Å². The van der Waals surface area contributed by atoms with E-state index in [1.807, 2.05) is 71.1 Å². The lowest BCUT2D eigenvalue weighted by Gasteiger charge is -2.32. The van der Waals surface area contributed by atoms with Gasteiger partial charge >= 0.3 is 7.12 Å². The van der Waals surface area contributed by atoms with Gasteiger partial charge in [-0.1, -0.05) is 6.07 Å². The molecule has 1 saturated heterocycles. The number of nitrogens with one attached hydrogen (secondary N) is 1. The van der Waals surface area contributed by atoms with E-state index in [-0.39, 0.29) is 5.43 Å². The first-order valence-corrected chi connectivity index (χ1v) is 9.42. The van der Waals surface area contributed by atoms with Gasteiger partial charge in [0.2, 0.25) is 0 Å². The average molecular weight is 377 g/mol. The summed E-state index contributed by atoms with van der Waals surface area (Å²) < 4.78 is 18.2. The molecule has 4 rings (SSSR count). The highest BCUT2D eigenvalue weighted by molar-refractivity contribution is 6.62. The normalized spacial score (nSPS) is 17.8. The third-order valence-corrected chi connectivity index (χ3v) is 5.73. The van der Waals surface area contributed by atoms with Crippen LogP contribution in [-0.4, -0.2) is 25.4 Å². The van der Waals surface area contributed by atoms with E-state index >= 15 is 0 Å². The van der Waals surface area contributed by atoms with Crippen LogP contribution in [0.3, 0.4) is 0 Å². The number of hydrogen-bond donors (Lipinski definition) is 1. The summed E-state index contributed by atoms with van der Waals surface area (Å²) in [5, 5.41) is 3.59. The standard InChI is InChI=1S/C22H24BNO4/c1-21(2)22(3,4)28-23(27-21)15-8-11-19-17(12-15)18(25)13-20(26-19)14-6-9-16(24-5)10-7-14/h6-13,24H,1-5H3. The number of hydrogen-bond acceptors (Lipinski definition) is 5. The molecule has 1 fully saturated rings. The van der Waals surface area contributed by atoms with Crippen molar-refractivity contribution in [2.24, 2.45) is 0 Å². The van der Waals surface area contributed by atoms with Gasteiger partial charge < -0.3 is 19.0 Å². The molecule has 0 radical (unpaired) electrons. The first-order chi connectivity index (χ1) is 13.2. The minimum absolute atomic E-state index is 0.0905. The molecule has 5 nitrogen and oxygen atoms in total. The van der Waals surface area contributed by atoms with Crippen molar-refractivity contribution in [2.45, 2.75) is 38.9 Å². The first-order valence-electron chi connectivity index (χ1n) is 9.42. The fraction of sp³-hybridized carbons (Fsp3) is 0.318. The Hall–Kier alpha value is -2.57. The van der Waals surface area contributed by atoms with Crippen LogP contribution in [-0.2, 0) is 9.31 Å². The Morgan fingerprint density at radius 2 is 1.54 bits per heavy atom. The second-order valence-electron chi connectivity index (χ2n) is 8.15. The molecule has 6 heteroatoms. The number of anilines is 1. The molecular weight excluding hydrogens is 353 g/mol. The van der Waals surface area contributed by atoms with Crippen molar-refractivity contribution in [3.63, 3.8) is 0 Å². The molecule has 1 aliphatic heterocycles. The molecule has 144 valence electrons. The van der Waals surface area contributed by atoms with Crippen molar-refractivity contribution in [1.82, 2.24) is 0 Å². The Labute approximate surface area is 164 Å². The predicted octanol–water partition coefficient (Wildman–Crippen LogP) is 3.80. The minimum atomic E-state index is -0.512. The second kappa shape index (κ2) is 6.50. The smallest absolute Gasteiger partial charge is 0.456 e. The lowest BCUT2D eigenvalue weighted by atomic mass is 9.78. The largest absolute Gasteiger partial charge is 0.494 e. The summed E-state index contributed by atoms with van der Waals surface area (Å²) in [5.74, 6) is 0.545. The van der Waals surface area contributed by atoms with E-state index in [9.17, 15) is 4.79 Å². The fourth-order valence-corrected chi connectivity index (χ4v) is 3.24. The van der Waals surface area contributed by atoms with Gasteiger partial charge in [-0.15, -0.1) is 0 Å². The molecule has 2 heterocycles. The molecule has 0 atom stereocenters. The van der Waals surface area contributed by atoms with E-state index in [0.29, 0.717) is 16.7 Å². The zero-order chi connectivity index (χ0) is 20.1. The van der Waals surface area contributed by atoms with Crippen LogP contribution in [0, 0.1) is 0 Å². The van der Waals surface area contributed by atoms with Crippen LogP contribution in [0.1, 0.15) is 27.7 Å². The molecule has 1 N–H and O–H groups in total. The van der Waals surface area contributed by atoms with Gasteiger partial charge in [0.1, 0.15) is 11.3 Å². The lowest BCUT2D eigenvalue weighted by Crippen LogP contribution is -2.41. The maximum atomic E-state index is 12.8. The Morgan fingerprint density at radius 3 is 2.14 bits per heavy atom. The molecule has 28 heavy (non-hydrogen) atoms. The van der Waals surface area contributed by atoms with Gasteiger partial charge in [0, 0.05) is 24.4 Å². The number of rotatable bonds is 3. The highest BCUT2D eigenvalue weighted by Gasteiger charge is 2.51. The third-order valence-electron chi connectivity index (χ3n) is 5.73. The van der Waals surface area contributed by atoms with Crippen molar-refractivity contribution in [3.8, 4) is 11.3 Å². The molecule has 0 bridgehead atoms. The predicted molar refractivity (Wildman–Crippen MR) is 113 cm³/mol. The Bertz CT molecular complexity index is 1070. The van der Waals surface area contributed by atoms with Gasteiger partial charge in [0.15, 0.2) is 5.43 Å². The quantitative estimate of drug-likeness (QED) is 0.704. The summed E-state index contributed by atoms with van der Waals surface area (Å²) in [7, 11) is 1.35. The van der Waals surface area contributed by atoms with Crippen LogP contribution in [0.25, 0.3) is 22.3 Å². The van der Waals surface area contributed by atoms with E-state index < -0.39 is 18.3 Å². The summed E-state index contributed by atoms with van der Waals surface area (Å²) in [4.78, 5) is 12.8. The molecule has 0 spiro atoms. The number of fused-ring (bicyclic) bond motifs is 1. The maximum Gasteiger partial charge on any atom is 0.494 e. The van der Waals surface area contributed by atoms with Gasteiger partial charge in [-0.05, 0) is 69.6 Å². The molecule has 1 aliphatic rings. The van der Waals surface area contributed by atoms with Crippen molar-refractivity contribution in [1.29, 1.82) is 0 Å². The average Bonchev–Trinajstić information content (AvgIpc) is 2.89. The maximum absolute atomic E-state index is 12.8. The summed E-state index contributed by atoms with van der Waals surface area (Å²) in [6, 6.07) is 14.8. The van der Waals surface area contributed by atoms with E-state index in [1.165, 1.54) is 6.07 Å². The van der Waals surface area contributed by atoms with E-state index in [2.05, 4.69) is 5.32 Å². The van der Waals surface area contributed by atoms with Crippen LogP contribution in [0.15, 0.2) is 57.7 Å². The van der Waals surface area contributed by atoms with Crippen LogP contribution < -0.4 is 16.2 Å². The summed E-state index contributed by atoms with van der Waals surface area (Å²) in [6.07, 6.45) is 0. The minimum Gasteiger partial charge on any atom is -0.456 e. The van der Waals surface area contributed by atoms with Crippen LogP contribution in [0.4, 0.5) is 5.69 Å². The zero-order valence-corrected chi connectivity index (χ0v) is 16.8. The topological polar surface area (TPSA) is 60.7 Å². The molecule has 2 aromatic carbocycles. The SMILES string of the molecule is CNc1ccc(-c2cc(=O)c3cc(B4OC(C)(C)C(C)(C)O4)ccc3o2)cc1. The van der Waals surface area contributed by atoms with Gasteiger partial charge in [-0.2, -0.15) is 0 Å². The van der Waals surface area contributed by atoms with Crippen molar-refractivity contribution < 1.29 is 13.7 Å². The lowest BCUT2D eigenvalue weighted by molar-refractivity contribution is 0.00578. The monoisotopic (exact) mass is 377 g/mol. The highest BCUT2D eigenvalue weighted by atomic mass is 16.7. The van der Waals surface area contributed by atoms with Crippen molar-refractivity contribution in [2.75, 3.05) is 12.4 Å². The molecule has 1 aromatic heterocycles. The van der Waals surface area contributed by atoms with E-state index in [0.717, 1.165) is 16.7 Å². The number of benzene rings is 2. The van der Waals surface area contributed by atoms with E-state index in [1.54, 1.807) is 6.07 Å². The summed E-state index contributed by atoms with van der Waals surface area (Å²) >= 11 is 0. The van der Waals surface area contributed by atoms with Gasteiger partial charge in [0.05, 0.1) is 16.6 Å². The summed E-state index contributed by atoms with van der Waals surface area (Å²) in [5.41, 5.74) is 2.26.